The van der Waals surface area contributed by atoms with Gasteiger partial charge in [-0.15, -0.1) is 0 Å². The van der Waals surface area contributed by atoms with Crippen molar-refractivity contribution >= 4 is 17.3 Å². The summed E-state index contributed by atoms with van der Waals surface area (Å²) in [6, 6.07) is 16.3. The zero-order chi connectivity index (χ0) is 19.2. The van der Waals surface area contributed by atoms with Crippen LogP contribution in [0.3, 0.4) is 0 Å². The molecule has 0 bridgehead atoms. The molecule has 0 radical (unpaired) electrons. The quantitative estimate of drug-likeness (QED) is 0.648. The van der Waals surface area contributed by atoms with Gasteiger partial charge in [-0.2, -0.15) is 0 Å². The predicted molar refractivity (Wildman–Crippen MR) is 98.9 cm³/mol. The third-order valence-corrected chi connectivity index (χ3v) is 3.96. The molecule has 3 rings (SSSR count). The summed E-state index contributed by atoms with van der Waals surface area (Å²) in [5.41, 5.74) is 1.79. The largest absolute Gasteiger partial charge is 0.381 e. The van der Waals surface area contributed by atoms with Crippen LogP contribution >= 0.6 is 0 Å². The van der Waals surface area contributed by atoms with Gasteiger partial charge in [-0.3, -0.25) is 4.79 Å². The SMILES string of the molecule is O=C(Cc1ccc(NCc2c(F)cccc2F)cc1)Nc1cccc(F)c1. The molecule has 0 aliphatic heterocycles. The van der Waals surface area contributed by atoms with E-state index in [1.54, 1.807) is 30.3 Å². The highest BCUT2D eigenvalue weighted by molar-refractivity contribution is 5.92. The highest BCUT2D eigenvalue weighted by Crippen LogP contribution is 2.16. The Morgan fingerprint density at radius 3 is 2.15 bits per heavy atom. The van der Waals surface area contributed by atoms with Crippen LogP contribution in [0.2, 0.25) is 0 Å². The maximum Gasteiger partial charge on any atom is 0.228 e. The molecule has 0 spiro atoms. The minimum atomic E-state index is -0.604. The number of halogens is 3. The van der Waals surface area contributed by atoms with Gasteiger partial charge >= 0.3 is 0 Å². The Hall–Kier alpha value is -3.28. The molecule has 1 amide bonds. The smallest absolute Gasteiger partial charge is 0.228 e. The van der Waals surface area contributed by atoms with Gasteiger partial charge in [-0.1, -0.05) is 24.3 Å². The molecule has 6 heteroatoms. The lowest BCUT2D eigenvalue weighted by Gasteiger charge is -2.10. The fourth-order valence-corrected chi connectivity index (χ4v) is 2.59. The van der Waals surface area contributed by atoms with Crippen molar-refractivity contribution in [3.05, 3.63) is 95.3 Å². The average molecular weight is 370 g/mol. The first-order valence-corrected chi connectivity index (χ1v) is 8.32. The van der Waals surface area contributed by atoms with Crippen LogP contribution in [0.15, 0.2) is 66.7 Å². The summed E-state index contributed by atoms with van der Waals surface area (Å²) < 4.78 is 40.4. The fourth-order valence-electron chi connectivity index (χ4n) is 2.59. The van der Waals surface area contributed by atoms with E-state index in [0.717, 1.165) is 5.56 Å². The van der Waals surface area contributed by atoms with Crippen molar-refractivity contribution in [1.29, 1.82) is 0 Å². The second kappa shape index (κ2) is 8.40. The van der Waals surface area contributed by atoms with Gasteiger partial charge in [0.2, 0.25) is 5.91 Å². The Morgan fingerprint density at radius 1 is 0.815 bits per heavy atom. The van der Waals surface area contributed by atoms with Crippen LogP contribution in [0.25, 0.3) is 0 Å². The molecular formula is C21H17F3N2O. The van der Waals surface area contributed by atoms with Crippen molar-refractivity contribution in [3.63, 3.8) is 0 Å². The Balaban J connectivity index is 1.56. The molecule has 3 nitrogen and oxygen atoms in total. The molecule has 138 valence electrons. The Morgan fingerprint density at radius 2 is 1.48 bits per heavy atom. The lowest BCUT2D eigenvalue weighted by molar-refractivity contribution is -0.115. The van der Waals surface area contributed by atoms with E-state index in [1.807, 2.05) is 0 Å². The van der Waals surface area contributed by atoms with Crippen LogP contribution in [0.1, 0.15) is 11.1 Å². The second-order valence-electron chi connectivity index (χ2n) is 5.99. The molecule has 0 aliphatic carbocycles. The number of nitrogens with one attached hydrogen (secondary N) is 2. The van der Waals surface area contributed by atoms with Crippen LogP contribution in [-0.4, -0.2) is 5.91 Å². The van der Waals surface area contributed by atoms with E-state index in [1.165, 1.54) is 36.4 Å². The van der Waals surface area contributed by atoms with E-state index in [0.29, 0.717) is 11.4 Å². The van der Waals surface area contributed by atoms with Gasteiger partial charge in [0.15, 0.2) is 0 Å². The third-order valence-electron chi connectivity index (χ3n) is 3.96. The van der Waals surface area contributed by atoms with Gasteiger partial charge in [-0.25, -0.2) is 13.2 Å². The Kier molecular flexibility index (Phi) is 5.76. The van der Waals surface area contributed by atoms with Gasteiger partial charge < -0.3 is 10.6 Å². The van der Waals surface area contributed by atoms with Crippen LogP contribution < -0.4 is 10.6 Å². The molecule has 3 aromatic rings. The molecule has 0 atom stereocenters. The molecule has 0 unspecified atom stereocenters. The van der Waals surface area contributed by atoms with Gasteiger partial charge in [0.25, 0.3) is 0 Å². The van der Waals surface area contributed by atoms with Crippen molar-refractivity contribution in [2.24, 2.45) is 0 Å². The third kappa shape index (κ3) is 5.10. The first-order chi connectivity index (χ1) is 13.0. The van der Waals surface area contributed by atoms with Crippen LogP contribution in [0, 0.1) is 17.5 Å². The molecule has 0 aliphatic rings. The number of benzene rings is 3. The van der Waals surface area contributed by atoms with Crippen molar-refractivity contribution in [2.45, 2.75) is 13.0 Å². The zero-order valence-corrected chi connectivity index (χ0v) is 14.3. The monoisotopic (exact) mass is 370 g/mol. The van der Waals surface area contributed by atoms with E-state index in [9.17, 15) is 18.0 Å². The number of rotatable bonds is 6. The van der Waals surface area contributed by atoms with Crippen LogP contribution in [-0.2, 0) is 17.8 Å². The minimum Gasteiger partial charge on any atom is -0.381 e. The first-order valence-electron chi connectivity index (χ1n) is 8.32. The van der Waals surface area contributed by atoms with Crippen LogP contribution in [0.4, 0.5) is 24.5 Å². The summed E-state index contributed by atoms with van der Waals surface area (Å²) >= 11 is 0. The van der Waals surface area contributed by atoms with Crippen molar-refractivity contribution in [2.75, 3.05) is 10.6 Å². The van der Waals surface area contributed by atoms with E-state index in [4.69, 9.17) is 0 Å². The maximum atomic E-state index is 13.6. The van der Waals surface area contributed by atoms with E-state index >= 15 is 0 Å². The summed E-state index contributed by atoms with van der Waals surface area (Å²) in [6.07, 6.45) is 0.124. The molecule has 0 fully saturated rings. The second-order valence-corrected chi connectivity index (χ2v) is 5.99. The molecule has 0 saturated carbocycles. The molecule has 0 aromatic heterocycles. The standard InChI is InChI=1S/C21H17F3N2O/c22-15-3-1-4-17(12-15)26-21(27)11-14-7-9-16(10-8-14)25-13-18-19(23)5-2-6-20(18)24/h1-10,12,25H,11,13H2,(H,26,27). The van der Waals surface area contributed by atoms with Gasteiger partial charge in [-0.05, 0) is 48.0 Å². The maximum absolute atomic E-state index is 13.6. The topological polar surface area (TPSA) is 41.1 Å². The predicted octanol–water partition coefficient (Wildman–Crippen LogP) is 4.90. The number of carbonyl (C=O) groups excluding carboxylic acids is 1. The number of hydrogen-bond donors (Lipinski definition) is 2. The minimum absolute atomic E-state index is 0.0118. The summed E-state index contributed by atoms with van der Waals surface area (Å²) in [5, 5.41) is 5.57. The highest BCUT2D eigenvalue weighted by atomic mass is 19.1. The Labute approximate surface area is 154 Å². The number of carbonyl (C=O) groups is 1. The number of anilines is 2. The van der Waals surface area contributed by atoms with Crippen molar-refractivity contribution in [1.82, 2.24) is 0 Å². The molecule has 2 N–H and O–H groups in total. The normalized spacial score (nSPS) is 10.5. The molecular weight excluding hydrogens is 353 g/mol. The zero-order valence-electron chi connectivity index (χ0n) is 14.3. The lowest BCUT2D eigenvalue weighted by atomic mass is 10.1. The van der Waals surface area contributed by atoms with E-state index < -0.39 is 17.5 Å². The van der Waals surface area contributed by atoms with Crippen molar-refractivity contribution < 1.29 is 18.0 Å². The molecule has 0 heterocycles. The van der Waals surface area contributed by atoms with Gasteiger partial charge in [0, 0.05) is 23.5 Å². The molecule has 27 heavy (non-hydrogen) atoms. The first kappa shape index (κ1) is 18.5. The summed E-state index contributed by atoms with van der Waals surface area (Å²) in [4.78, 5) is 12.0. The van der Waals surface area contributed by atoms with Gasteiger partial charge in [0.1, 0.15) is 17.5 Å². The number of amides is 1. The van der Waals surface area contributed by atoms with E-state index in [2.05, 4.69) is 10.6 Å². The molecule has 3 aromatic carbocycles. The summed E-state index contributed by atoms with van der Waals surface area (Å²) in [6.45, 7) is 0.0118. The lowest BCUT2D eigenvalue weighted by Crippen LogP contribution is -2.14. The number of hydrogen-bond acceptors (Lipinski definition) is 2. The van der Waals surface area contributed by atoms with E-state index in [-0.39, 0.29) is 24.4 Å². The highest BCUT2D eigenvalue weighted by Gasteiger charge is 2.08. The fraction of sp³-hybridized carbons (Fsp3) is 0.0952. The molecule has 0 saturated heterocycles. The average Bonchev–Trinajstić information content (AvgIpc) is 2.62. The van der Waals surface area contributed by atoms with Crippen molar-refractivity contribution in [3.8, 4) is 0 Å². The van der Waals surface area contributed by atoms with Gasteiger partial charge in [0.05, 0.1) is 6.42 Å². The summed E-state index contributed by atoms with van der Waals surface area (Å²) in [5.74, 6) is -1.90. The summed E-state index contributed by atoms with van der Waals surface area (Å²) in [7, 11) is 0. The van der Waals surface area contributed by atoms with Crippen LogP contribution in [0.5, 0.6) is 0 Å². The Bertz CT molecular complexity index is 922.